The molecule has 1 saturated heterocycles. The van der Waals surface area contributed by atoms with Crippen molar-refractivity contribution < 1.29 is 4.79 Å². The molecule has 0 bridgehead atoms. The number of carbonyl (C=O) groups excluding carboxylic acids is 1. The number of aryl methyl sites for hydroxylation is 1. The van der Waals surface area contributed by atoms with Gasteiger partial charge in [-0.05, 0) is 36.8 Å². The fraction of sp³-hybridized carbons (Fsp3) is 0.474. The summed E-state index contributed by atoms with van der Waals surface area (Å²) in [6, 6.07) is 10.9. The molecule has 2 aliphatic rings. The van der Waals surface area contributed by atoms with E-state index in [-0.39, 0.29) is 11.9 Å². The molecule has 1 aliphatic carbocycles. The van der Waals surface area contributed by atoms with Crippen LogP contribution in [0.3, 0.4) is 0 Å². The highest BCUT2D eigenvalue weighted by molar-refractivity contribution is 5.78. The van der Waals surface area contributed by atoms with E-state index < -0.39 is 0 Å². The van der Waals surface area contributed by atoms with Crippen molar-refractivity contribution in [1.82, 2.24) is 20.0 Å². The Balaban J connectivity index is 1.29. The van der Waals surface area contributed by atoms with Crippen molar-refractivity contribution in [3.8, 4) is 0 Å². The van der Waals surface area contributed by atoms with Gasteiger partial charge in [-0.2, -0.15) is 5.10 Å². The van der Waals surface area contributed by atoms with Crippen LogP contribution in [0.5, 0.6) is 0 Å². The molecule has 1 saturated carbocycles. The van der Waals surface area contributed by atoms with Crippen LogP contribution in [0.2, 0.25) is 0 Å². The van der Waals surface area contributed by atoms with Crippen molar-refractivity contribution in [3.05, 3.63) is 53.9 Å². The Morgan fingerprint density at radius 3 is 2.67 bits per heavy atom. The number of aromatic nitrogens is 2. The van der Waals surface area contributed by atoms with E-state index in [0.717, 1.165) is 13.1 Å². The van der Waals surface area contributed by atoms with Crippen LogP contribution in [0.4, 0.5) is 0 Å². The van der Waals surface area contributed by atoms with Crippen LogP contribution >= 0.6 is 0 Å². The van der Waals surface area contributed by atoms with Gasteiger partial charge in [-0.3, -0.25) is 14.4 Å². The molecule has 5 heteroatoms. The summed E-state index contributed by atoms with van der Waals surface area (Å²) in [4.78, 5) is 14.6. The van der Waals surface area contributed by atoms with Crippen molar-refractivity contribution in [3.63, 3.8) is 0 Å². The molecule has 0 radical (unpaired) electrons. The topological polar surface area (TPSA) is 50.2 Å². The molecule has 24 heavy (non-hydrogen) atoms. The van der Waals surface area contributed by atoms with Crippen LogP contribution in [0, 0.1) is 12.8 Å². The van der Waals surface area contributed by atoms with E-state index in [0.29, 0.717) is 18.5 Å². The highest BCUT2D eigenvalue weighted by Gasteiger charge is 2.35. The molecule has 1 atom stereocenters. The van der Waals surface area contributed by atoms with E-state index in [4.69, 9.17) is 0 Å². The van der Waals surface area contributed by atoms with Gasteiger partial charge in [-0.15, -0.1) is 0 Å². The average Bonchev–Trinajstić information content (AvgIpc) is 3.30. The maximum atomic E-state index is 12.4. The summed E-state index contributed by atoms with van der Waals surface area (Å²) in [6.45, 7) is 4.32. The third-order valence-electron chi connectivity index (χ3n) is 4.98. The Morgan fingerprint density at radius 1 is 1.29 bits per heavy atom. The highest BCUT2D eigenvalue weighted by Crippen LogP contribution is 2.40. The first-order valence-corrected chi connectivity index (χ1v) is 8.76. The van der Waals surface area contributed by atoms with Gasteiger partial charge in [0.05, 0.1) is 24.8 Å². The third kappa shape index (κ3) is 3.36. The molecule has 2 aromatic rings. The van der Waals surface area contributed by atoms with Gasteiger partial charge in [-0.1, -0.05) is 30.3 Å². The van der Waals surface area contributed by atoms with Crippen LogP contribution in [-0.2, 0) is 4.79 Å². The zero-order chi connectivity index (χ0) is 16.5. The van der Waals surface area contributed by atoms with E-state index in [1.54, 1.807) is 0 Å². The molecule has 1 aromatic heterocycles. The zero-order valence-electron chi connectivity index (χ0n) is 14.1. The maximum absolute atomic E-state index is 12.4. The molecule has 2 heterocycles. The molecule has 1 aliphatic heterocycles. The number of amides is 1. The Kier molecular flexibility index (Phi) is 4.10. The summed E-state index contributed by atoms with van der Waals surface area (Å²) in [5, 5.41) is 7.61. The van der Waals surface area contributed by atoms with Gasteiger partial charge in [0.25, 0.3) is 0 Å². The Morgan fingerprint density at radius 2 is 2.04 bits per heavy atom. The third-order valence-corrected chi connectivity index (χ3v) is 4.98. The van der Waals surface area contributed by atoms with Crippen LogP contribution in [0.15, 0.2) is 42.7 Å². The highest BCUT2D eigenvalue weighted by atomic mass is 16.2. The van der Waals surface area contributed by atoms with Crippen molar-refractivity contribution >= 4 is 5.91 Å². The van der Waals surface area contributed by atoms with Gasteiger partial charge in [0, 0.05) is 19.3 Å². The molecule has 1 N–H and O–H groups in total. The zero-order valence-corrected chi connectivity index (χ0v) is 14.1. The van der Waals surface area contributed by atoms with E-state index in [2.05, 4.69) is 40.6 Å². The van der Waals surface area contributed by atoms with Gasteiger partial charge in [0.1, 0.15) is 0 Å². The van der Waals surface area contributed by atoms with Gasteiger partial charge in [0.15, 0.2) is 0 Å². The molecule has 2 fully saturated rings. The molecular weight excluding hydrogens is 300 g/mol. The first kappa shape index (κ1) is 15.4. The molecule has 0 unspecified atom stereocenters. The monoisotopic (exact) mass is 324 g/mol. The number of hydrogen-bond acceptors (Lipinski definition) is 3. The predicted octanol–water partition coefficient (Wildman–Crippen LogP) is 2.32. The first-order valence-electron chi connectivity index (χ1n) is 8.76. The van der Waals surface area contributed by atoms with Gasteiger partial charge in [-0.25, -0.2) is 0 Å². The van der Waals surface area contributed by atoms with Gasteiger partial charge in [0.2, 0.25) is 5.91 Å². The van der Waals surface area contributed by atoms with E-state index in [9.17, 15) is 4.79 Å². The normalized spacial score (nSPS) is 19.7. The minimum Gasteiger partial charge on any atom is -0.348 e. The molecule has 1 aromatic carbocycles. The summed E-state index contributed by atoms with van der Waals surface area (Å²) in [7, 11) is 0. The summed E-state index contributed by atoms with van der Waals surface area (Å²) >= 11 is 0. The molecule has 5 nitrogen and oxygen atoms in total. The smallest absolute Gasteiger partial charge is 0.234 e. The van der Waals surface area contributed by atoms with E-state index in [1.165, 1.54) is 24.0 Å². The molecule has 126 valence electrons. The minimum absolute atomic E-state index is 0.130. The molecular formula is C19H24N4O. The predicted molar refractivity (Wildman–Crippen MR) is 92.5 cm³/mol. The largest absolute Gasteiger partial charge is 0.348 e. The van der Waals surface area contributed by atoms with Crippen molar-refractivity contribution in [2.45, 2.75) is 31.8 Å². The second kappa shape index (κ2) is 6.40. The Hall–Kier alpha value is -2.14. The van der Waals surface area contributed by atoms with Crippen LogP contribution in [0.1, 0.15) is 36.1 Å². The van der Waals surface area contributed by atoms with E-state index >= 15 is 0 Å². The lowest BCUT2D eigenvalue weighted by atomic mass is 10.0. The number of nitrogens with zero attached hydrogens (tertiary/aromatic N) is 3. The number of hydrogen-bond donors (Lipinski definition) is 1. The van der Waals surface area contributed by atoms with Crippen LogP contribution in [-0.4, -0.2) is 40.2 Å². The minimum atomic E-state index is 0.130. The number of likely N-dealkylation sites (tertiary alicyclic amines) is 1. The Labute approximate surface area is 142 Å². The summed E-state index contributed by atoms with van der Waals surface area (Å²) in [5.41, 5.74) is 2.41. The standard InChI is InChI=1S/C19H24N4O/c1-14-9-20-23(10-14)17-11-22(12-17)13-18(24)21-19(16-7-8-16)15-5-3-2-4-6-15/h2-6,9-10,16-17,19H,7-8,11-13H2,1H3,(H,21,24)/t19-/m0/s1. The number of nitrogens with one attached hydrogen (secondary N) is 1. The lowest BCUT2D eigenvalue weighted by Gasteiger charge is -2.38. The van der Waals surface area contributed by atoms with Crippen molar-refractivity contribution in [2.75, 3.05) is 19.6 Å². The summed E-state index contributed by atoms with van der Waals surface area (Å²) < 4.78 is 2.01. The lowest BCUT2D eigenvalue weighted by Crippen LogP contribution is -2.52. The second-order valence-corrected chi connectivity index (χ2v) is 7.14. The summed E-state index contributed by atoms with van der Waals surface area (Å²) in [5.74, 6) is 0.735. The first-order chi connectivity index (χ1) is 11.7. The number of carbonyl (C=O) groups is 1. The van der Waals surface area contributed by atoms with Crippen molar-refractivity contribution in [2.24, 2.45) is 5.92 Å². The van der Waals surface area contributed by atoms with Crippen LogP contribution < -0.4 is 5.32 Å². The summed E-state index contributed by atoms with van der Waals surface area (Å²) in [6.07, 6.45) is 6.38. The average molecular weight is 324 g/mol. The fourth-order valence-electron chi connectivity index (χ4n) is 3.46. The quantitative estimate of drug-likeness (QED) is 0.887. The van der Waals surface area contributed by atoms with Crippen LogP contribution in [0.25, 0.3) is 0 Å². The SMILES string of the molecule is Cc1cnn(C2CN(CC(=O)N[C@@H](c3ccccc3)C3CC3)C2)c1. The molecule has 1 amide bonds. The lowest BCUT2D eigenvalue weighted by molar-refractivity contribution is -0.124. The number of rotatable bonds is 6. The molecule has 0 spiro atoms. The number of benzene rings is 1. The Bertz CT molecular complexity index is 701. The molecule has 4 rings (SSSR count). The van der Waals surface area contributed by atoms with E-state index in [1.807, 2.05) is 29.1 Å². The van der Waals surface area contributed by atoms with Gasteiger partial charge >= 0.3 is 0 Å². The fourth-order valence-corrected chi connectivity index (χ4v) is 3.46. The van der Waals surface area contributed by atoms with Gasteiger partial charge < -0.3 is 5.32 Å². The van der Waals surface area contributed by atoms with Crippen molar-refractivity contribution in [1.29, 1.82) is 0 Å². The maximum Gasteiger partial charge on any atom is 0.234 e. The second-order valence-electron chi connectivity index (χ2n) is 7.14.